The maximum Gasteiger partial charge on any atom is 0.354 e. The van der Waals surface area contributed by atoms with Gasteiger partial charge in [-0.2, -0.15) is 5.10 Å². The van der Waals surface area contributed by atoms with Gasteiger partial charge >= 0.3 is 11.9 Å². The predicted octanol–water partition coefficient (Wildman–Crippen LogP) is 4.99. The molecular weight excluding hydrogens is 498 g/mol. The fraction of sp³-hybridized carbons (Fsp3) is 0.407. The molecule has 5 rings (SSSR count). The highest BCUT2D eigenvalue weighted by Gasteiger charge is 2.31. The van der Waals surface area contributed by atoms with Crippen molar-refractivity contribution in [1.82, 2.24) is 14.8 Å². The molecule has 1 saturated carbocycles. The molecule has 1 aliphatic carbocycles. The third kappa shape index (κ3) is 5.27. The van der Waals surface area contributed by atoms with E-state index in [-0.39, 0.29) is 36.7 Å². The highest BCUT2D eigenvalue weighted by atomic mass is 35.5. The van der Waals surface area contributed by atoms with Crippen LogP contribution in [0.4, 0.5) is 0 Å². The number of hydrogen-bond acceptors (Lipinski definition) is 7. The van der Waals surface area contributed by atoms with Gasteiger partial charge in [-0.15, -0.1) is 0 Å². The number of fused-ring (bicyclic) bond motifs is 1. The molecule has 0 atom stereocenters. The maximum atomic E-state index is 12.6. The van der Waals surface area contributed by atoms with Crippen LogP contribution in [0.5, 0.6) is 11.5 Å². The van der Waals surface area contributed by atoms with Gasteiger partial charge in [0.05, 0.1) is 18.2 Å². The lowest BCUT2D eigenvalue weighted by molar-refractivity contribution is -0.149. The van der Waals surface area contributed by atoms with E-state index in [9.17, 15) is 14.7 Å². The van der Waals surface area contributed by atoms with Crippen LogP contribution in [0.15, 0.2) is 36.5 Å². The summed E-state index contributed by atoms with van der Waals surface area (Å²) in [6.07, 6.45) is 4.93. The fourth-order valence-electron chi connectivity index (χ4n) is 5.12. The number of halogens is 1. The summed E-state index contributed by atoms with van der Waals surface area (Å²) in [7, 11) is 0. The molecule has 0 saturated heterocycles. The second-order valence-corrected chi connectivity index (χ2v) is 9.73. The van der Waals surface area contributed by atoms with E-state index in [2.05, 4.69) is 4.98 Å². The van der Waals surface area contributed by atoms with Crippen LogP contribution in [-0.2, 0) is 22.5 Å². The molecule has 0 radical (unpaired) electrons. The van der Waals surface area contributed by atoms with Gasteiger partial charge in [-0.05, 0) is 62.3 Å². The van der Waals surface area contributed by atoms with Crippen LogP contribution in [0.25, 0.3) is 11.4 Å². The molecular formula is C27H28ClN3O6. The number of ether oxygens (including phenoxy) is 3. The number of carbonyl (C=O) groups is 2. The van der Waals surface area contributed by atoms with E-state index < -0.39 is 5.97 Å². The van der Waals surface area contributed by atoms with Crippen LogP contribution < -0.4 is 9.47 Å². The van der Waals surface area contributed by atoms with Gasteiger partial charge in [0.2, 0.25) is 6.79 Å². The molecule has 0 spiro atoms. The van der Waals surface area contributed by atoms with Crippen LogP contribution in [0, 0.1) is 11.8 Å². The molecule has 2 aromatic heterocycles. The molecule has 0 bridgehead atoms. The Labute approximate surface area is 219 Å². The van der Waals surface area contributed by atoms with Crippen LogP contribution in [0.1, 0.15) is 54.2 Å². The van der Waals surface area contributed by atoms with Crippen LogP contribution in [0.2, 0.25) is 5.02 Å². The monoisotopic (exact) mass is 525 g/mol. The van der Waals surface area contributed by atoms with E-state index in [1.807, 2.05) is 19.1 Å². The van der Waals surface area contributed by atoms with Crippen molar-refractivity contribution in [3.05, 3.63) is 58.4 Å². The molecule has 1 aromatic carbocycles. The van der Waals surface area contributed by atoms with Gasteiger partial charge in [-0.25, -0.2) is 4.79 Å². The van der Waals surface area contributed by atoms with Gasteiger partial charge in [-0.3, -0.25) is 14.5 Å². The second kappa shape index (κ2) is 10.8. The number of rotatable bonds is 8. The van der Waals surface area contributed by atoms with Gasteiger partial charge in [0.25, 0.3) is 0 Å². The summed E-state index contributed by atoms with van der Waals surface area (Å²) in [5, 5.41) is 15.5. The lowest BCUT2D eigenvalue weighted by atomic mass is 9.82. The molecule has 2 aliphatic rings. The molecule has 9 nitrogen and oxygen atoms in total. The van der Waals surface area contributed by atoms with Crippen molar-refractivity contribution in [3.63, 3.8) is 0 Å². The minimum absolute atomic E-state index is 0.0967. The quantitative estimate of drug-likeness (QED) is 0.409. The second-order valence-electron chi connectivity index (χ2n) is 9.32. The summed E-state index contributed by atoms with van der Waals surface area (Å²) in [6.45, 7) is 2.74. The Morgan fingerprint density at radius 3 is 2.59 bits per heavy atom. The zero-order valence-electron chi connectivity index (χ0n) is 20.5. The number of benzene rings is 1. The minimum Gasteiger partial charge on any atom is -0.477 e. The van der Waals surface area contributed by atoms with E-state index in [0.717, 1.165) is 25.7 Å². The highest BCUT2D eigenvalue weighted by Crippen LogP contribution is 2.39. The van der Waals surface area contributed by atoms with Crippen molar-refractivity contribution in [2.75, 3.05) is 13.4 Å². The maximum absolute atomic E-state index is 12.6. The Balaban J connectivity index is 1.47. The van der Waals surface area contributed by atoms with E-state index in [4.69, 9.17) is 30.9 Å². The molecule has 10 heteroatoms. The lowest BCUT2D eigenvalue weighted by Gasteiger charge is -2.27. The number of aromatic carboxylic acids is 1. The Morgan fingerprint density at radius 1 is 1.16 bits per heavy atom. The summed E-state index contributed by atoms with van der Waals surface area (Å²) < 4.78 is 17.7. The van der Waals surface area contributed by atoms with Gasteiger partial charge in [0.1, 0.15) is 5.69 Å². The zero-order chi connectivity index (χ0) is 25.9. The standard InChI is InChI=1S/C27H28ClN3O6/c1-2-35-27(34)17-8-6-16(7-9-17)14-31-25(26(32)33)19(24(30-31)21-5-3-4-10-29-21)11-18-12-22-23(13-20(18)28)37-15-36-22/h3-5,10,12-13,16-17H,2,6-9,11,14-15H2,1H3,(H,32,33). The Bertz CT molecular complexity index is 1300. The summed E-state index contributed by atoms with van der Waals surface area (Å²) in [5.41, 5.74) is 2.45. The first-order valence-electron chi connectivity index (χ1n) is 12.4. The van der Waals surface area contributed by atoms with Crippen LogP contribution in [-0.4, -0.2) is 45.2 Å². The van der Waals surface area contributed by atoms with E-state index >= 15 is 0 Å². The number of carboxylic acid groups (broad SMARTS) is 1. The average molecular weight is 526 g/mol. The molecule has 3 heterocycles. The summed E-state index contributed by atoms with van der Waals surface area (Å²) >= 11 is 6.55. The van der Waals surface area contributed by atoms with Gasteiger partial charge in [0.15, 0.2) is 17.2 Å². The predicted molar refractivity (Wildman–Crippen MR) is 135 cm³/mol. The van der Waals surface area contributed by atoms with Crippen molar-refractivity contribution < 1.29 is 28.9 Å². The van der Waals surface area contributed by atoms with Crippen molar-refractivity contribution in [2.24, 2.45) is 11.8 Å². The summed E-state index contributed by atoms with van der Waals surface area (Å²) in [5.74, 6) is 0.0174. The molecule has 0 amide bonds. The Kier molecular flexibility index (Phi) is 7.32. The lowest BCUT2D eigenvalue weighted by Crippen LogP contribution is -2.26. The number of hydrogen-bond donors (Lipinski definition) is 1. The highest BCUT2D eigenvalue weighted by molar-refractivity contribution is 6.31. The number of nitrogens with zero attached hydrogens (tertiary/aromatic N) is 3. The normalized spacial score (nSPS) is 18.5. The van der Waals surface area contributed by atoms with Gasteiger partial charge in [0, 0.05) is 35.8 Å². The van der Waals surface area contributed by atoms with E-state index in [1.54, 1.807) is 29.1 Å². The Morgan fingerprint density at radius 2 is 1.92 bits per heavy atom. The fourth-order valence-corrected chi connectivity index (χ4v) is 5.34. The smallest absolute Gasteiger partial charge is 0.354 e. The van der Waals surface area contributed by atoms with Crippen molar-refractivity contribution in [3.8, 4) is 22.9 Å². The summed E-state index contributed by atoms with van der Waals surface area (Å²) in [4.78, 5) is 29.2. The molecule has 1 N–H and O–H groups in total. The van der Waals surface area contributed by atoms with Crippen molar-refractivity contribution >= 4 is 23.5 Å². The van der Waals surface area contributed by atoms with Crippen molar-refractivity contribution in [1.29, 1.82) is 0 Å². The number of aromatic nitrogens is 3. The van der Waals surface area contributed by atoms with Crippen LogP contribution >= 0.6 is 11.6 Å². The SMILES string of the molecule is CCOC(=O)C1CCC(Cn2nc(-c3ccccn3)c(Cc3cc4c(cc3Cl)OCO4)c2C(=O)O)CC1. The topological polar surface area (TPSA) is 113 Å². The molecule has 1 fully saturated rings. The first-order chi connectivity index (χ1) is 17.9. The van der Waals surface area contributed by atoms with Crippen molar-refractivity contribution in [2.45, 2.75) is 45.6 Å². The number of pyridine rings is 1. The number of carbonyl (C=O) groups excluding carboxylic acids is 1. The third-order valence-corrected chi connectivity index (χ3v) is 7.32. The third-order valence-electron chi connectivity index (χ3n) is 6.97. The largest absolute Gasteiger partial charge is 0.477 e. The zero-order valence-corrected chi connectivity index (χ0v) is 21.2. The van der Waals surface area contributed by atoms with Gasteiger partial charge < -0.3 is 19.3 Å². The molecule has 1 aliphatic heterocycles. The Hall–Kier alpha value is -3.59. The summed E-state index contributed by atoms with van der Waals surface area (Å²) in [6, 6.07) is 8.93. The average Bonchev–Trinajstić information content (AvgIpc) is 3.49. The number of esters is 1. The van der Waals surface area contributed by atoms with E-state index in [1.165, 1.54) is 0 Å². The minimum atomic E-state index is -1.07. The molecule has 194 valence electrons. The first-order valence-corrected chi connectivity index (χ1v) is 12.8. The van der Waals surface area contributed by atoms with Gasteiger partial charge in [-0.1, -0.05) is 17.7 Å². The molecule has 0 unspecified atom stereocenters. The van der Waals surface area contributed by atoms with Crippen LogP contribution in [0.3, 0.4) is 0 Å². The first kappa shape index (κ1) is 25.1. The molecule has 37 heavy (non-hydrogen) atoms. The number of carboxylic acids is 1. The molecule has 3 aromatic rings. The van der Waals surface area contributed by atoms with E-state index in [0.29, 0.717) is 52.2 Å².